The number of nitrogens with zero attached hydrogens (tertiary/aromatic N) is 5. The van der Waals surface area contributed by atoms with Crippen molar-refractivity contribution in [2.24, 2.45) is 5.92 Å². The third-order valence-corrected chi connectivity index (χ3v) is 7.28. The number of aromatic amines is 1. The zero-order chi connectivity index (χ0) is 26.3. The molecule has 12 heteroatoms. The summed E-state index contributed by atoms with van der Waals surface area (Å²) in [5.41, 5.74) is 1.55. The molecule has 4 heterocycles. The molecule has 0 saturated carbocycles. The summed E-state index contributed by atoms with van der Waals surface area (Å²) in [6, 6.07) is 7.73. The fourth-order valence-corrected chi connectivity index (χ4v) is 5.03. The maximum absolute atomic E-state index is 13.1. The number of aromatic nitrogens is 5. The number of rotatable bonds is 5. The van der Waals surface area contributed by atoms with Gasteiger partial charge in [0, 0.05) is 36.2 Å². The predicted molar refractivity (Wildman–Crippen MR) is 134 cm³/mol. The number of aromatic hydroxyl groups is 1. The standard InChI is InChI=1S/C25H24BrF3N6O2/c1-14(36)34-10-8-15(9-11-34)2-5-18-22(20-6-3-16(13-30-20)25(27,28)29)33-35(23(18)37)24-31-19-7-4-17(26)12-21(19)32-24/h3-4,6-7,12-13,15,37H,2,5,8-11H2,1H3,(H,31,32). The average Bonchev–Trinajstić information content (AvgIpc) is 3.42. The molecule has 0 aliphatic carbocycles. The number of pyridine rings is 1. The van der Waals surface area contributed by atoms with E-state index in [1.165, 1.54) is 10.7 Å². The van der Waals surface area contributed by atoms with E-state index < -0.39 is 11.7 Å². The highest BCUT2D eigenvalue weighted by atomic mass is 79.9. The number of halogens is 4. The smallest absolute Gasteiger partial charge is 0.417 e. The molecule has 0 unspecified atom stereocenters. The number of carbonyl (C=O) groups excluding carboxylic acids is 1. The number of piperidine rings is 1. The average molecular weight is 577 g/mol. The van der Waals surface area contributed by atoms with Gasteiger partial charge in [-0.25, -0.2) is 4.98 Å². The van der Waals surface area contributed by atoms with Crippen LogP contribution >= 0.6 is 15.9 Å². The summed E-state index contributed by atoms with van der Waals surface area (Å²) in [4.78, 5) is 25.1. The maximum Gasteiger partial charge on any atom is 0.417 e. The van der Waals surface area contributed by atoms with Gasteiger partial charge in [0.1, 0.15) is 5.69 Å². The van der Waals surface area contributed by atoms with Gasteiger partial charge in [0.15, 0.2) is 0 Å². The van der Waals surface area contributed by atoms with Crippen LogP contribution < -0.4 is 0 Å². The monoisotopic (exact) mass is 576 g/mol. The Labute approximate surface area is 218 Å². The van der Waals surface area contributed by atoms with Gasteiger partial charge in [0.25, 0.3) is 0 Å². The minimum Gasteiger partial charge on any atom is -0.493 e. The number of nitrogens with one attached hydrogen (secondary N) is 1. The number of amides is 1. The zero-order valence-corrected chi connectivity index (χ0v) is 21.5. The van der Waals surface area contributed by atoms with Crippen LogP contribution in [-0.4, -0.2) is 53.7 Å². The highest BCUT2D eigenvalue weighted by Gasteiger charge is 2.31. The Morgan fingerprint density at radius 1 is 1.22 bits per heavy atom. The SMILES string of the molecule is CC(=O)N1CCC(CCc2c(-c3ccc(C(F)(F)F)cn3)nn(-c3nc4cc(Br)ccc4[nH]3)c2O)CC1. The molecule has 1 saturated heterocycles. The van der Waals surface area contributed by atoms with Crippen molar-refractivity contribution in [3.63, 3.8) is 0 Å². The third-order valence-electron chi connectivity index (χ3n) is 6.79. The molecule has 8 nitrogen and oxygen atoms in total. The lowest BCUT2D eigenvalue weighted by atomic mass is 9.90. The molecule has 194 valence electrons. The molecule has 1 amide bonds. The molecule has 4 aromatic rings. The number of H-pyrrole nitrogens is 1. The van der Waals surface area contributed by atoms with E-state index in [0.29, 0.717) is 42.2 Å². The number of hydrogen-bond acceptors (Lipinski definition) is 5. The van der Waals surface area contributed by atoms with Crippen molar-refractivity contribution < 1.29 is 23.1 Å². The second kappa shape index (κ2) is 9.81. The summed E-state index contributed by atoms with van der Waals surface area (Å²) in [6.45, 7) is 2.94. The highest BCUT2D eigenvalue weighted by Crippen LogP contribution is 2.35. The maximum atomic E-state index is 13.1. The van der Waals surface area contributed by atoms with Crippen molar-refractivity contribution in [2.45, 2.75) is 38.8 Å². The van der Waals surface area contributed by atoms with E-state index in [-0.39, 0.29) is 23.4 Å². The fraction of sp³-hybridized carbons (Fsp3) is 0.360. The second-order valence-electron chi connectivity index (χ2n) is 9.20. The van der Waals surface area contributed by atoms with Gasteiger partial charge in [0.2, 0.25) is 17.7 Å². The minimum absolute atomic E-state index is 0.0610. The van der Waals surface area contributed by atoms with Crippen LogP contribution in [0.25, 0.3) is 28.4 Å². The summed E-state index contributed by atoms with van der Waals surface area (Å²) >= 11 is 3.41. The van der Waals surface area contributed by atoms with Gasteiger partial charge < -0.3 is 15.0 Å². The van der Waals surface area contributed by atoms with Crippen LogP contribution in [0.3, 0.4) is 0 Å². The van der Waals surface area contributed by atoms with Gasteiger partial charge in [-0.1, -0.05) is 15.9 Å². The van der Waals surface area contributed by atoms with Crippen LogP contribution in [0.5, 0.6) is 5.88 Å². The van der Waals surface area contributed by atoms with Crippen LogP contribution in [0.15, 0.2) is 41.0 Å². The summed E-state index contributed by atoms with van der Waals surface area (Å²) in [5.74, 6) is 0.539. The number of benzene rings is 1. The first-order valence-corrected chi connectivity index (χ1v) is 12.6. The Bertz CT molecular complexity index is 1440. The molecule has 0 atom stereocenters. The number of likely N-dealkylation sites (tertiary alicyclic amines) is 1. The van der Waals surface area contributed by atoms with Crippen molar-refractivity contribution >= 4 is 32.9 Å². The summed E-state index contributed by atoms with van der Waals surface area (Å²) in [6.07, 6.45) is -0.869. The van der Waals surface area contributed by atoms with Gasteiger partial charge in [-0.3, -0.25) is 9.78 Å². The largest absolute Gasteiger partial charge is 0.493 e. The molecule has 1 aliphatic heterocycles. The number of alkyl halides is 3. The van der Waals surface area contributed by atoms with Crippen LogP contribution in [0.1, 0.15) is 37.3 Å². The first kappa shape index (κ1) is 25.2. The van der Waals surface area contributed by atoms with Crippen LogP contribution in [0, 0.1) is 5.92 Å². The van der Waals surface area contributed by atoms with Gasteiger partial charge in [-0.05, 0) is 61.9 Å². The predicted octanol–water partition coefficient (Wildman–Crippen LogP) is 5.49. The van der Waals surface area contributed by atoms with Crippen molar-refractivity contribution in [1.82, 2.24) is 29.6 Å². The molecule has 0 bridgehead atoms. The first-order chi connectivity index (χ1) is 17.6. The molecule has 3 aromatic heterocycles. The van der Waals surface area contributed by atoms with Gasteiger partial charge in [-0.15, -0.1) is 0 Å². The number of fused-ring (bicyclic) bond motifs is 1. The molecule has 1 fully saturated rings. The van der Waals surface area contributed by atoms with Crippen molar-refractivity contribution in [1.29, 1.82) is 0 Å². The molecule has 2 N–H and O–H groups in total. The van der Waals surface area contributed by atoms with Crippen LogP contribution in [-0.2, 0) is 17.4 Å². The Hall–Kier alpha value is -3.41. The Morgan fingerprint density at radius 3 is 2.62 bits per heavy atom. The lowest BCUT2D eigenvalue weighted by Crippen LogP contribution is -2.37. The second-order valence-corrected chi connectivity index (χ2v) is 10.1. The number of imidazole rings is 1. The molecule has 37 heavy (non-hydrogen) atoms. The van der Waals surface area contributed by atoms with Gasteiger partial charge >= 0.3 is 6.18 Å². The summed E-state index contributed by atoms with van der Waals surface area (Å²) in [5, 5.41) is 15.7. The van der Waals surface area contributed by atoms with Gasteiger partial charge in [0.05, 0.1) is 22.3 Å². The van der Waals surface area contributed by atoms with E-state index in [1.54, 1.807) is 6.92 Å². The minimum atomic E-state index is -4.51. The molecule has 5 rings (SSSR count). The highest BCUT2D eigenvalue weighted by molar-refractivity contribution is 9.10. The Kier molecular flexibility index (Phi) is 6.69. The number of carbonyl (C=O) groups is 1. The van der Waals surface area contributed by atoms with Crippen LogP contribution in [0.2, 0.25) is 0 Å². The topological polar surface area (TPSA) is 99.9 Å². The zero-order valence-electron chi connectivity index (χ0n) is 19.9. The van der Waals surface area contributed by atoms with Crippen molar-refractivity contribution in [3.05, 3.63) is 52.1 Å². The van der Waals surface area contributed by atoms with E-state index in [0.717, 1.165) is 41.5 Å². The third kappa shape index (κ3) is 5.20. The summed E-state index contributed by atoms with van der Waals surface area (Å²) < 4.78 is 41.4. The van der Waals surface area contributed by atoms with Crippen molar-refractivity contribution in [3.8, 4) is 23.2 Å². The lowest BCUT2D eigenvalue weighted by Gasteiger charge is -2.31. The molecule has 1 aromatic carbocycles. The number of hydrogen-bond donors (Lipinski definition) is 2. The summed E-state index contributed by atoms with van der Waals surface area (Å²) in [7, 11) is 0. The molecule has 0 spiro atoms. The van der Waals surface area contributed by atoms with E-state index in [1.807, 2.05) is 23.1 Å². The van der Waals surface area contributed by atoms with E-state index in [4.69, 9.17) is 0 Å². The fourth-order valence-electron chi connectivity index (χ4n) is 4.68. The molecule has 0 radical (unpaired) electrons. The molecular formula is C25H24BrF3N6O2. The van der Waals surface area contributed by atoms with E-state index >= 15 is 0 Å². The van der Waals surface area contributed by atoms with E-state index in [9.17, 15) is 23.1 Å². The normalized spacial score (nSPS) is 15.0. The van der Waals surface area contributed by atoms with Crippen LogP contribution in [0.4, 0.5) is 13.2 Å². The Balaban J connectivity index is 1.48. The molecule has 1 aliphatic rings. The van der Waals surface area contributed by atoms with Gasteiger partial charge in [-0.2, -0.15) is 23.0 Å². The molecular weight excluding hydrogens is 553 g/mol. The quantitative estimate of drug-likeness (QED) is 0.327. The van der Waals surface area contributed by atoms with E-state index in [2.05, 4.69) is 36.0 Å². The Morgan fingerprint density at radius 2 is 1.97 bits per heavy atom. The lowest BCUT2D eigenvalue weighted by molar-refractivity contribution is -0.137. The van der Waals surface area contributed by atoms with Crippen molar-refractivity contribution in [2.75, 3.05) is 13.1 Å². The first-order valence-electron chi connectivity index (χ1n) is 11.9.